The van der Waals surface area contributed by atoms with Crippen LogP contribution in [0.25, 0.3) is 0 Å². The Hall–Kier alpha value is -2.18. The van der Waals surface area contributed by atoms with Gasteiger partial charge in [0.25, 0.3) is 0 Å². The highest BCUT2D eigenvalue weighted by Crippen LogP contribution is 2.27. The van der Waals surface area contributed by atoms with E-state index in [0.29, 0.717) is 0 Å². The highest BCUT2D eigenvalue weighted by Gasteiger charge is 2.37. The van der Waals surface area contributed by atoms with Crippen molar-refractivity contribution in [3.05, 3.63) is 54.1 Å². The molecule has 1 amide bonds. The molecule has 30 heavy (non-hydrogen) atoms. The first kappa shape index (κ1) is 21.1. The number of nitrogens with one attached hydrogen (secondary N) is 1. The van der Waals surface area contributed by atoms with Gasteiger partial charge in [-0.2, -0.15) is 0 Å². The highest BCUT2D eigenvalue weighted by molar-refractivity contribution is 5.79. The molecule has 2 aromatic rings. The zero-order valence-corrected chi connectivity index (χ0v) is 18.2. The number of aromatic nitrogens is 2. The molecule has 2 atom stereocenters. The maximum atomic E-state index is 13.1. The summed E-state index contributed by atoms with van der Waals surface area (Å²) >= 11 is 0. The SMILES string of the molecule is Cn1cccc1CN1CC[C@@H]2C(=O)NCCCCCCN(Cc3ccncc3)[C@@H]2C1. The van der Waals surface area contributed by atoms with Crippen LogP contribution >= 0.6 is 0 Å². The second kappa shape index (κ2) is 10.2. The van der Waals surface area contributed by atoms with Crippen molar-refractivity contribution in [1.29, 1.82) is 0 Å². The van der Waals surface area contributed by atoms with E-state index in [4.69, 9.17) is 0 Å². The lowest BCUT2D eigenvalue weighted by molar-refractivity contribution is -0.129. The number of aryl methyl sites for hydroxylation is 1. The fourth-order valence-electron chi connectivity index (χ4n) is 4.93. The fourth-order valence-corrected chi connectivity index (χ4v) is 4.93. The average molecular weight is 410 g/mol. The molecule has 4 heterocycles. The number of nitrogens with zero attached hydrogens (tertiary/aromatic N) is 4. The van der Waals surface area contributed by atoms with Crippen molar-refractivity contribution in [2.45, 2.75) is 51.2 Å². The maximum absolute atomic E-state index is 13.1. The molecule has 4 rings (SSSR count). The molecule has 1 N–H and O–H groups in total. The molecule has 0 unspecified atom stereocenters. The van der Waals surface area contributed by atoms with Crippen molar-refractivity contribution in [1.82, 2.24) is 24.7 Å². The van der Waals surface area contributed by atoms with Crippen LogP contribution in [0.2, 0.25) is 0 Å². The summed E-state index contributed by atoms with van der Waals surface area (Å²) in [5.74, 6) is 0.315. The normalized spacial score (nSPS) is 24.6. The van der Waals surface area contributed by atoms with Crippen LogP contribution in [0.3, 0.4) is 0 Å². The minimum atomic E-state index is 0.0644. The summed E-state index contributed by atoms with van der Waals surface area (Å²) in [5, 5.41) is 3.23. The number of hydrogen-bond donors (Lipinski definition) is 1. The van der Waals surface area contributed by atoms with Crippen molar-refractivity contribution in [2.75, 3.05) is 26.2 Å². The van der Waals surface area contributed by atoms with Crippen LogP contribution in [-0.4, -0.2) is 57.5 Å². The second-order valence-corrected chi connectivity index (χ2v) is 8.84. The standard InChI is InChI=1S/C24H35N5O/c1-27-14-6-7-21(27)18-28-16-10-22-23(19-28)29(17-20-8-12-25-13-9-20)15-5-3-2-4-11-26-24(22)30/h6-9,12-14,22-23H,2-5,10-11,15-19H2,1H3,(H,26,30)/t22-,23+/m0/s1. The largest absolute Gasteiger partial charge is 0.356 e. The molecule has 2 aliphatic heterocycles. The molecule has 0 bridgehead atoms. The van der Waals surface area contributed by atoms with Crippen LogP contribution in [0.5, 0.6) is 0 Å². The van der Waals surface area contributed by atoms with E-state index < -0.39 is 0 Å². The minimum Gasteiger partial charge on any atom is -0.356 e. The quantitative estimate of drug-likeness (QED) is 0.844. The molecule has 2 aliphatic rings. The Bertz CT molecular complexity index is 805. The molecule has 6 heteroatoms. The van der Waals surface area contributed by atoms with Gasteiger partial charge in [0.15, 0.2) is 0 Å². The van der Waals surface area contributed by atoms with Crippen LogP contribution in [-0.2, 0) is 24.9 Å². The molecule has 162 valence electrons. The molecule has 0 spiro atoms. The Labute approximate surface area is 180 Å². The Morgan fingerprint density at radius 2 is 1.90 bits per heavy atom. The van der Waals surface area contributed by atoms with Crippen LogP contribution in [0, 0.1) is 5.92 Å². The smallest absolute Gasteiger partial charge is 0.224 e. The number of likely N-dealkylation sites (tertiary alicyclic amines) is 1. The van der Waals surface area contributed by atoms with Crippen LogP contribution in [0.15, 0.2) is 42.9 Å². The Balaban J connectivity index is 1.55. The molecular weight excluding hydrogens is 374 g/mol. The van der Waals surface area contributed by atoms with Crippen molar-refractivity contribution >= 4 is 5.91 Å². The average Bonchev–Trinajstić information content (AvgIpc) is 3.15. The first-order valence-electron chi connectivity index (χ1n) is 11.4. The number of piperidine rings is 1. The summed E-state index contributed by atoms with van der Waals surface area (Å²) in [6.07, 6.45) is 11.5. The molecule has 0 aliphatic carbocycles. The number of hydrogen-bond acceptors (Lipinski definition) is 4. The van der Waals surface area contributed by atoms with Crippen LogP contribution in [0.1, 0.15) is 43.4 Å². The molecule has 6 nitrogen and oxygen atoms in total. The summed E-state index contributed by atoms with van der Waals surface area (Å²) in [6.45, 7) is 5.61. The highest BCUT2D eigenvalue weighted by atomic mass is 16.1. The lowest BCUT2D eigenvalue weighted by Crippen LogP contribution is -2.56. The van der Waals surface area contributed by atoms with E-state index in [1.165, 1.54) is 30.5 Å². The van der Waals surface area contributed by atoms with Crippen LogP contribution in [0.4, 0.5) is 0 Å². The predicted molar refractivity (Wildman–Crippen MR) is 119 cm³/mol. The second-order valence-electron chi connectivity index (χ2n) is 8.84. The first-order valence-corrected chi connectivity index (χ1v) is 11.4. The van der Waals surface area contributed by atoms with Gasteiger partial charge in [-0.3, -0.25) is 19.6 Å². The lowest BCUT2D eigenvalue weighted by Gasteiger charge is -2.43. The molecule has 0 radical (unpaired) electrons. The van der Waals surface area contributed by atoms with Gasteiger partial charge in [-0.05, 0) is 62.2 Å². The number of amides is 1. The third-order valence-electron chi connectivity index (χ3n) is 6.72. The zero-order valence-electron chi connectivity index (χ0n) is 18.2. The van der Waals surface area contributed by atoms with Gasteiger partial charge in [-0.25, -0.2) is 0 Å². The summed E-state index contributed by atoms with van der Waals surface area (Å²) < 4.78 is 2.20. The summed E-state index contributed by atoms with van der Waals surface area (Å²) in [5.41, 5.74) is 2.61. The Kier molecular flexibility index (Phi) is 7.18. The number of pyridine rings is 1. The lowest BCUT2D eigenvalue weighted by atomic mass is 9.88. The fraction of sp³-hybridized carbons (Fsp3) is 0.583. The molecule has 0 saturated carbocycles. The van der Waals surface area contributed by atoms with E-state index in [0.717, 1.165) is 52.1 Å². The molecule has 2 saturated heterocycles. The molecule has 2 aromatic heterocycles. The van der Waals surface area contributed by atoms with Crippen LogP contribution < -0.4 is 5.32 Å². The summed E-state index contributed by atoms with van der Waals surface area (Å²) in [6, 6.07) is 8.75. The predicted octanol–water partition coefficient (Wildman–Crippen LogP) is 2.80. The molecular formula is C24H35N5O. The molecule has 2 fully saturated rings. The number of fused-ring (bicyclic) bond motifs is 1. The van der Waals surface area contributed by atoms with Gasteiger partial charge in [0.2, 0.25) is 5.91 Å². The number of carbonyl (C=O) groups is 1. The Morgan fingerprint density at radius 3 is 2.70 bits per heavy atom. The summed E-state index contributed by atoms with van der Waals surface area (Å²) in [4.78, 5) is 22.4. The number of rotatable bonds is 4. The van der Waals surface area contributed by atoms with E-state index in [-0.39, 0.29) is 17.9 Å². The van der Waals surface area contributed by atoms with Crippen molar-refractivity contribution in [3.63, 3.8) is 0 Å². The first-order chi connectivity index (χ1) is 14.7. The van der Waals surface area contributed by atoms with E-state index in [1.54, 1.807) is 0 Å². The topological polar surface area (TPSA) is 53.4 Å². The van der Waals surface area contributed by atoms with E-state index in [2.05, 4.69) is 62.2 Å². The third-order valence-corrected chi connectivity index (χ3v) is 6.72. The van der Waals surface area contributed by atoms with Gasteiger partial charge >= 0.3 is 0 Å². The van der Waals surface area contributed by atoms with E-state index >= 15 is 0 Å². The van der Waals surface area contributed by atoms with Gasteiger partial charge < -0.3 is 9.88 Å². The monoisotopic (exact) mass is 409 g/mol. The Morgan fingerprint density at radius 1 is 1.07 bits per heavy atom. The van der Waals surface area contributed by atoms with Gasteiger partial charge in [0.1, 0.15) is 0 Å². The van der Waals surface area contributed by atoms with Gasteiger partial charge in [0, 0.05) is 63.6 Å². The minimum absolute atomic E-state index is 0.0644. The van der Waals surface area contributed by atoms with Gasteiger partial charge in [-0.15, -0.1) is 0 Å². The van der Waals surface area contributed by atoms with Crippen molar-refractivity contribution in [3.8, 4) is 0 Å². The van der Waals surface area contributed by atoms with E-state index in [9.17, 15) is 4.79 Å². The maximum Gasteiger partial charge on any atom is 0.224 e. The molecule has 0 aromatic carbocycles. The zero-order chi connectivity index (χ0) is 20.8. The van der Waals surface area contributed by atoms with E-state index in [1.807, 2.05) is 12.4 Å². The summed E-state index contributed by atoms with van der Waals surface area (Å²) in [7, 11) is 2.11. The van der Waals surface area contributed by atoms with Crippen molar-refractivity contribution in [2.24, 2.45) is 13.0 Å². The third kappa shape index (κ3) is 5.29. The number of carbonyl (C=O) groups excluding carboxylic acids is 1. The van der Waals surface area contributed by atoms with Crippen molar-refractivity contribution < 1.29 is 4.79 Å². The van der Waals surface area contributed by atoms with Gasteiger partial charge in [-0.1, -0.05) is 12.8 Å². The van der Waals surface area contributed by atoms with Gasteiger partial charge in [0.05, 0.1) is 5.92 Å².